The molecule has 0 radical (unpaired) electrons. The molecule has 11 nitrogen and oxygen atoms in total. The number of amides is 1. The van der Waals surface area contributed by atoms with Crippen molar-refractivity contribution in [2.24, 2.45) is 0 Å². The molecule has 1 aliphatic rings. The number of benzene rings is 2. The molecule has 0 bridgehead atoms. The normalized spacial score (nSPS) is 15.9. The molecular formula is C31H34N8O3. The van der Waals surface area contributed by atoms with Crippen LogP contribution in [0.4, 0.5) is 5.82 Å². The summed E-state index contributed by atoms with van der Waals surface area (Å²) < 4.78 is 9.00. The highest BCUT2D eigenvalue weighted by Crippen LogP contribution is 2.29. The number of rotatable bonds is 8. The maximum absolute atomic E-state index is 14.0. The average molecular weight is 567 g/mol. The van der Waals surface area contributed by atoms with Gasteiger partial charge in [0, 0.05) is 18.6 Å². The van der Waals surface area contributed by atoms with Gasteiger partial charge in [0.1, 0.15) is 35.0 Å². The first-order valence-electron chi connectivity index (χ1n) is 14.0. The van der Waals surface area contributed by atoms with Gasteiger partial charge < -0.3 is 20.7 Å². The Morgan fingerprint density at radius 1 is 1.17 bits per heavy atom. The van der Waals surface area contributed by atoms with Crippen molar-refractivity contribution in [1.82, 2.24) is 29.3 Å². The first-order chi connectivity index (χ1) is 20.2. The van der Waals surface area contributed by atoms with Crippen LogP contribution in [0, 0.1) is 11.3 Å². The molecule has 1 atom stereocenters. The predicted molar refractivity (Wildman–Crippen MR) is 160 cm³/mol. The van der Waals surface area contributed by atoms with Crippen molar-refractivity contribution < 1.29 is 9.53 Å². The standard InChI is InChI=1S/C31H34N8O3/c1-4-36-31(2,3)17-21(18-32)29(40)37-16-8-9-23(19-37)39-28-26(27(33)34-20-35-28)38(30(39)41)22-12-14-25(15-13-22)42-24-10-6-5-7-11-24/h5-7,10-15,17,20,23,36H,4,8-9,16,19H2,1-3H3,(H2,33,34,35)/b21-17-/t23-/m0/s1. The highest BCUT2D eigenvalue weighted by Gasteiger charge is 2.31. The van der Waals surface area contributed by atoms with Crippen molar-refractivity contribution >= 4 is 22.9 Å². The largest absolute Gasteiger partial charge is 0.457 e. The molecule has 0 unspecified atom stereocenters. The van der Waals surface area contributed by atoms with Crippen molar-refractivity contribution in [1.29, 1.82) is 5.26 Å². The van der Waals surface area contributed by atoms with Crippen LogP contribution in [-0.2, 0) is 4.79 Å². The maximum Gasteiger partial charge on any atom is 0.335 e. The third-order valence-electron chi connectivity index (χ3n) is 7.29. The summed E-state index contributed by atoms with van der Waals surface area (Å²) in [4.78, 5) is 37.7. The fraction of sp³-hybridized carbons (Fsp3) is 0.323. The van der Waals surface area contributed by atoms with E-state index in [0.29, 0.717) is 54.3 Å². The Hall–Kier alpha value is -4.95. The smallest absolute Gasteiger partial charge is 0.335 e. The van der Waals surface area contributed by atoms with Crippen LogP contribution in [0.2, 0.25) is 0 Å². The molecule has 1 saturated heterocycles. The van der Waals surface area contributed by atoms with Crippen molar-refractivity contribution in [3.05, 3.63) is 83.1 Å². The molecule has 2 aromatic carbocycles. The van der Waals surface area contributed by atoms with E-state index >= 15 is 0 Å². The van der Waals surface area contributed by atoms with Crippen LogP contribution in [0.15, 0.2) is 77.4 Å². The molecule has 3 N–H and O–H groups in total. The van der Waals surface area contributed by atoms with Crippen LogP contribution >= 0.6 is 0 Å². The van der Waals surface area contributed by atoms with E-state index in [-0.39, 0.29) is 35.6 Å². The number of carbonyl (C=O) groups is 1. The van der Waals surface area contributed by atoms with Gasteiger partial charge in [-0.05, 0) is 75.7 Å². The zero-order valence-electron chi connectivity index (χ0n) is 23.9. The highest BCUT2D eigenvalue weighted by atomic mass is 16.5. The van der Waals surface area contributed by atoms with Crippen LogP contribution in [0.1, 0.15) is 39.7 Å². The van der Waals surface area contributed by atoms with Crippen LogP contribution in [0.25, 0.3) is 16.9 Å². The van der Waals surface area contributed by atoms with Crippen molar-refractivity contribution in [3.63, 3.8) is 0 Å². The Labute approximate surface area is 243 Å². The number of para-hydroxylation sites is 1. The number of aromatic nitrogens is 4. The number of imidazole rings is 1. The van der Waals surface area contributed by atoms with Crippen LogP contribution in [0.3, 0.4) is 0 Å². The van der Waals surface area contributed by atoms with Gasteiger partial charge in [0.05, 0.1) is 11.7 Å². The lowest BCUT2D eigenvalue weighted by atomic mass is 9.99. The number of fused-ring (bicyclic) bond motifs is 1. The van der Waals surface area contributed by atoms with E-state index in [1.54, 1.807) is 39.8 Å². The molecule has 3 heterocycles. The molecule has 0 aliphatic carbocycles. The third-order valence-corrected chi connectivity index (χ3v) is 7.29. The van der Waals surface area contributed by atoms with Gasteiger partial charge in [0.25, 0.3) is 5.91 Å². The van der Waals surface area contributed by atoms with E-state index in [1.165, 1.54) is 10.9 Å². The number of anilines is 1. The van der Waals surface area contributed by atoms with E-state index in [0.717, 1.165) is 0 Å². The van der Waals surface area contributed by atoms with Gasteiger partial charge in [-0.2, -0.15) is 5.26 Å². The van der Waals surface area contributed by atoms with Gasteiger partial charge in [-0.25, -0.2) is 14.8 Å². The first-order valence-corrected chi connectivity index (χ1v) is 14.0. The predicted octanol–water partition coefficient (Wildman–Crippen LogP) is 3.96. The minimum absolute atomic E-state index is 0.0701. The van der Waals surface area contributed by atoms with E-state index in [2.05, 4.69) is 21.4 Å². The maximum atomic E-state index is 14.0. The SMILES string of the molecule is CCNC(C)(C)/C=C(/C#N)C(=O)N1CCC[C@H](n2c(=O)n(-c3ccc(Oc4ccccc4)cc3)c3c(N)ncnc32)C1. The zero-order valence-corrected chi connectivity index (χ0v) is 23.9. The van der Waals surface area contributed by atoms with Crippen molar-refractivity contribution in [2.75, 3.05) is 25.4 Å². The molecule has 0 spiro atoms. The lowest BCUT2D eigenvalue weighted by Crippen LogP contribution is -2.44. The van der Waals surface area contributed by atoms with Gasteiger partial charge in [-0.15, -0.1) is 0 Å². The molecule has 1 amide bonds. The Morgan fingerprint density at radius 3 is 2.57 bits per heavy atom. The summed E-state index contributed by atoms with van der Waals surface area (Å²) in [5.41, 5.74) is 6.87. The average Bonchev–Trinajstić information content (AvgIpc) is 3.29. The van der Waals surface area contributed by atoms with Gasteiger partial charge in [0.15, 0.2) is 11.5 Å². The Kier molecular flexibility index (Phi) is 8.08. The monoisotopic (exact) mass is 566 g/mol. The highest BCUT2D eigenvalue weighted by molar-refractivity contribution is 5.97. The number of nitriles is 1. The summed E-state index contributed by atoms with van der Waals surface area (Å²) in [7, 11) is 0. The summed E-state index contributed by atoms with van der Waals surface area (Å²) in [6.07, 6.45) is 4.32. The van der Waals surface area contributed by atoms with Crippen molar-refractivity contribution in [2.45, 2.75) is 45.2 Å². The summed E-state index contributed by atoms with van der Waals surface area (Å²) in [6, 6.07) is 18.3. The van der Waals surface area contributed by atoms with Crippen LogP contribution in [-0.4, -0.2) is 55.1 Å². The number of nitrogen functional groups attached to an aromatic ring is 1. The second-order valence-corrected chi connectivity index (χ2v) is 10.8. The van der Waals surface area contributed by atoms with Gasteiger partial charge in [-0.3, -0.25) is 13.9 Å². The number of likely N-dealkylation sites (N-methyl/N-ethyl adjacent to an activating group) is 1. The number of nitrogens with zero attached hydrogens (tertiary/aromatic N) is 6. The molecule has 216 valence electrons. The number of nitrogens with two attached hydrogens (primary N) is 1. The number of carbonyl (C=O) groups excluding carboxylic acids is 1. The Balaban J connectivity index is 1.48. The lowest BCUT2D eigenvalue weighted by Gasteiger charge is -2.33. The van der Waals surface area contributed by atoms with E-state index < -0.39 is 5.54 Å². The number of piperidine rings is 1. The van der Waals surface area contributed by atoms with Crippen LogP contribution in [0.5, 0.6) is 11.5 Å². The van der Waals surface area contributed by atoms with Gasteiger partial charge in [-0.1, -0.05) is 25.1 Å². The third kappa shape index (κ3) is 5.75. The molecule has 0 saturated carbocycles. The topological polar surface area (TPSA) is 144 Å². The van der Waals surface area contributed by atoms with E-state index in [9.17, 15) is 14.9 Å². The Morgan fingerprint density at radius 2 is 1.88 bits per heavy atom. The van der Waals surface area contributed by atoms with Crippen LogP contribution < -0.4 is 21.5 Å². The molecular weight excluding hydrogens is 532 g/mol. The molecule has 11 heteroatoms. The molecule has 4 aromatic rings. The number of ether oxygens (including phenoxy) is 1. The number of hydrogen-bond donors (Lipinski definition) is 2. The summed E-state index contributed by atoms with van der Waals surface area (Å²) >= 11 is 0. The first kappa shape index (κ1) is 28.6. The summed E-state index contributed by atoms with van der Waals surface area (Å²) in [5.74, 6) is 1.14. The number of likely N-dealkylation sites (tertiary alicyclic amines) is 1. The molecule has 1 aliphatic heterocycles. The van der Waals surface area contributed by atoms with E-state index in [1.807, 2.05) is 51.1 Å². The summed E-state index contributed by atoms with van der Waals surface area (Å²) in [6.45, 7) is 7.24. The number of hydrogen-bond acceptors (Lipinski definition) is 8. The molecule has 42 heavy (non-hydrogen) atoms. The Bertz CT molecular complexity index is 1720. The van der Waals surface area contributed by atoms with E-state index in [4.69, 9.17) is 10.5 Å². The van der Waals surface area contributed by atoms with Gasteiger partial charge in [0.2, 0.25) is 0 Å². The quantitative estimate of drug-likeness (QED) is 0.241. The summed E-state index contributed by atoms with van der Waals surface area (Å²) in [5, 5.41) is 13.1. The minimum atomic E-state index is -0.523. The second-order valence-electron chi connectivity index (χ2n) is 10.8. The van der Waals surface area contributed by atoms with Crippen molar-refractivity contribution in [3.8, 4) is 23.3 Å². The molecule has 1 fully saturated rings. The number of nitrogens with one attached hydrogen (secondary N) is 1. The fourth-order valence-corrected chi connectivity index (χ4v) is 5.45. The fourth-order valence-electron chi connectivity index (χ4n) is 5.45. The zero-order chi connectivity index (χ0) is 29.9. The second kappa shape index (κ2) is 11.9. The molecule has 5 rings (SSSR count). The van der Waals surface area contributed by atoms with Gasteiger partial charge >= 0.3 is 5.69 Å². The minimum Gasteiger partial charge on any atom is -0.457 e. The lowest BCUT2D eigenvalue weighted by molar-refractivity contribution is -0.128. The molecule has 2 aromatic heterocycles.